The Morgan fingerprint density at radius 3 is 2.71 bits per heavy atom. The number of aryl methyl sites for hydroxylation is 1. The van der Waals surface area contributed by atoms with E-state index in [1.165, 1.54) is 6.92 Å². The van der Waals surface area contributed by atoms with Crippen molar-refractivity contribution >= 4 is 17.1 Å². The molecule has 0 saturated heterocycles. The van der Waals surface area contributed by atoms with Crippen molar-refractivity contribution in [3.63, 3.8) is 0 Å². The van der Waals surface area contributed by atoms with Gasteiger partial charge in [0.15, 0.2) is 5.21 Å². The SMILES string of the molecule is CC(=O)CCn1n[n+]([O-])c2c1n[n+]([O-])n[n+]2[O-]. The predicted octanol–water partition coefficient (Wildman–Crippen LogP) is -3.29. The first-order chi connectivity index (χ1) is 7.99. The fourth-order valence-corrected chi connectivity index (χ4v) is 1.27. The van der Waals surface area contributed by atoms with Crippen LogP contribution in [0.1, 0.15) is 13.3 Å². The van der Waals surface area contributed by atoms with E-state index in [1.54, 1.807) is 0 Å². The van der Waals surface area contributed by atoms with Crippen LogP contribution in [-0.4, -0.2) is 26.0 Å². The van der Waals surface area contributed by atoms with Crippen LogP contribution < -0.4 is 14.7 Å². The van der Waals surface area contributed by atoms with Gasteiger partial charge in [0, 0.05) is 0 Å². The summed E-state index contributed by atoms with van der Waals surface area (Å²) >= 11 is 0. The van der Waals surface area contributed by atoms with E-state index in [0.29, 0.717) is 0 Å². The summed E-state index contributed by atoms with van der Waals surface area (Å²) in [6.45, 7) is 1.42. The summed E-state index contributed by atoms with van der Waals surface area (Å²) in [5.74, 6) is -0.120. The maximum Gasteiger partial charge on any atom is 0.549 e. The molecule has 0 amide bonds. The first-order valence-electron chi connectivity index (χ1n) is 4.57. The minimum atomic E-state index is -0.499. The van der Waals surface area contributed by atoms with Gasteiger partial charge >= 0.3 is 16.5 Å². The van der Waals surface area contributed by atoms with Crippen LogP contribution in [0.5, 0.6) is 0 Å². The Labute approximate surface area is 93.2 Å². The molecule has 0 fully saturated rings. The van der Waals surface area contributed by atoms with Crippen molar-refractivity contribution in [2.75, 3.05) is 0 Å². The van der Waals surface area contributed by atoms with Gasteiger partial charge in [0.25, 0.3) is 0 Å². The van der Waals surface area contributed by atoms with Crippen LogP contribution in [0.25, 0.3) is 11.3 Å². The Balaban J connectivity index is 2.53. The number of fused-ring (bicyclic) bond motifs is 1. The summed E-state index contributed by atoms with van der Waals surface area (Å²) in [5.41, 5.74) is -0.720. The van der Waals surface area contributed by atoms with Gasteiger partial charge in [-0.1, -0.05) is 4.68 Å². The lowest BCUT2D eigenvalue weighted by atomic mass is 10.3. The molecule has 0 aliphatic heterocycles. The van der Waals surface area contributed by atoms with Crippen molar-refractivity contribution in [1.82, 2.24) is 20.2 Å². The normalized spacial score (nSPS) is 10.9. The molecule has 2 aromatic rings. The summed E-state index contributed by atoms with van der Waals surface area (Å²) in [7, 11) is 0. The van der Waals surface area contributed by atoms with E-state index < -0.39 is 5.65 Å². The van der Waals surface area contributed by atoms with Crippen LogP contribution in [0.3, 0.4) is 0 Å². The molecule has 0 radical (unpaired) electrons. The third kappa shape index (κ3) is 1.89. The van der Waals surface area contributed by atoms with E-state index in [9.17, 15) is 20.4 Å². The highest BCUT2D eigenvalue weighted by atomic mass is 16.6. The van der Waals surface area contributed by atoms with Crippen LogP contribution in [0.4, 0.5) is 0 Å². The molecule has 17 heavy (non-hydrogen) atoms. The minimum absolute atomic E-state index is 0.00245. The number of hydrogen-bond donors (Lipinski definition) is 0. The lowest BCUT2D eigenvalue weighted by molar-refractivity contribution is -0.882. The number of rotatable bonds is 3. The van der Waals surface area contributed by atoms with E-state index in [2.05, 4.69) is 15.5 Å². The number of hydrogen-bond acceptors (Lipinski definition) is 7. The Hall–Kier alpha value is -2.59. The zero-order chi connectivity index (χ0) is 12.6. The van der Waals surface area contributed by atoms with E-state index in [0.717, 1.165) is 4.68 Å². The average Bonchev–Trinajstić information content (AvgIpc) is 2.52. The number of carbonyl (C=O) groups excluding carboxylic acids is 1. The quantitative estimate of drug-likeness (QED) is 0.404. The number of ketones is 1. The fraction of sp³-hybridized carbons (Fsp3) is 0.500. The predicted molar refractivity (Wildman–Crippen MR) is 47.5 cm³/mol. The molecule has 0 bridgehead atoms. The van der Waals surface area contributed by atoms with Crippen LogP contribution in [-0.2, 0) is 11.3 Å². The van der Waals surface area contributed by atoms with Crippen molar-refractivity contribution in [1.29, 1.82) is 0 Å². The summed E-state index contributed by atoms with van der Waals surface area (Å²) in [5, 5.41) is 42.9. The first-order valence-corrected chi connectivity index (χ1v) is 4.57. The van der Waals surface area contributed by atoms with Crippen molar-refractivity contribution < 1.29 is 19.4 Å². The molecular weight excluding hydrogens is 234 g/mol. The molecule has 0 aromatic carbocycles. The summed E-state index contributed by atoms with van der Waals surface area (Å²) in [6, 6.07) is 0. The molecule has 90 valence electrons. The number of nitrogens with zero attached hydrogens (tertiary/aromatic N) is 7. The van der Waals surface area contributed by atoms with Gasteiger partial charge in [-0.25, -0.2) is 0 Å². The Kier molecular flexibility index (Phi) is 2.42. The van der Waals surface area contributed by atoms with Crippen molar-refractivity contribution in [2.24, 2.45) is 0 Å². The molecule has 2 heterocycles. The molecule has 0 unspecified atom stereocenters. The zero-order valence-corrected chi connectivity index (χ0v) is 8.68. The molecule has 0 spiro atoms. The highest BCUT2D eigenvalue weighted by molar-refractivity contribution is 5.75. The summed E-state index contributed by atoms with van der Waals surface area (Å²) in [4.78, 5) is 10.4. The highest BCUT2D eigenvalue weighted by Crippen LogP contribution is 1.99. The van der Waals surface area contributed by atoms with Gasteiger partial charge < -0.3 is 15.6 Å². The molecule has 0 saturated carbocycles. The fourth-order valence-electron chi connectivity index (χ4n) is 1.27. The number of carbonyl (C=O) groups is 1. The molecule has 0 aliphatic rings. The first kappa shape index (κ1) is 10.9. The molecule has 11 nitrogen and oxygen atoms in total. The van der Waals surface area contributed by atoms with E-state index in [-0.39, 0.29) is 39.0 Å². The van der Waals surface area contributed by atoms with Gasteiger partial charge in [0.1, 0.15) is 22.4 Å². The van der Waals surface area contributed by atoms with Gasteiger partial charge in [0.2, 0.25) is 0 Å². The molecular formula is C6H7N7O4. The van der Waals surface area contributed by atoms with Gasteiger partial charge in [-0.15, -0.1) is 0 Å². The van der Waals surface area contributed by atoms with Crippen molar-refractivity contribution in [3.8, 4) is 0 Å². The monoisotopic (exact) mass is 241 g/mol. The van der Waals surface area contributed by atoms with E-state index in [4.69, 9.17) is 0 Å². The summed E-state index contributed by atoms with van der Waals surface area (Å²) in [6.07, 6.45) is 0.110. The van der Waals surface area contributed by atoms with E-state index in [1.807, 2.05) is 0 Å². The van der Waals surface area contributed by atoms with Crippen LogP contribution >= 0.6 is 0 Å². The second kappa shape index (κ2) is 3.77. The lowest BCUT2D eigenvalue weighted by Gasteiger charge is -1.88. The lowest BCUT2D eigenvalue weighted by Crippen LogP contribution is -2.53. The van der Waals surface area contributed by atoms with Crippen LogP contribution in [0.15, 0.2) is 0 Å². The zero-order valence-electron chi connectivity index (χ0n) is 8.68. The Morgan fingerprint density at radius 1 is 1.35 bits per heavy atom. The van der Waals surface area contributed by atoms with Gasteiger partial charge in [-0.2, -0.15) is 0 Å². The number of aromatic nitrogens is 7. The summed E-state index contributed by atoms with van der Waals surface area (Å²) < 4.78 is 1.01. The highest BCUT2D eigenvalue weighted by Gasteiger charge is 2.33. The third-order valence-corrected chi connectivity index (χ3v) is 2.01. The second-order valence-corrected chi connectivity index (χ2v) is 3.30. The molecule has 11 heteroatoms. The van der Waals surface area contributed by atoms with Crippen molar-refractivity contribution in [3.05, 3.63) is 15.6 Å². The second-order valence-electron chi connectivity index (χ2n) is 3.30. The topological polar surface area (TPSA) is 141 Å². The maximum atomic E-state index is 11.3. The standard InChI is InChI=1S/C6H7N7O4/c1-4(14)2-3-10-5-6(11(15)8-10)12(16)9-13(17)7-5/h2-3H2,1H3. The Morgan fingerprint density at radius 2 is 2.06 bits per heavy atom. The largest absolute Gasteiger partial charge is 0.653 e. The third-order valence-electron chi connectivity index (χ3n) is 2.01. The van der Waals surface area contributed by atoms with Gasteiger partial charge in [0.05, 0.1) is 11.3 Å². The molecule has 0 atom stereocenters. The molecule has 2 aromatic heterocycles. The molecule has 0 aliphatic carbocycles. The van der Waals surface area contributed by atoms with Crippen LogP contribution in [0, 0.1) is 15.6 Å². The number of Topliss-reactive ketones (excluding diaryl/α,β-unsaturated/α-hetero) is 1. The maximum absolute atomic E-state index is 11.3. The van der Waals surface area contributed by atoms with E-state index >= 15 is 0 Å². The smallest absolute Gasteiger partial charge is 0.549 e. The van der Waals surface area contributed by atoms with Crippen LogP contribution in [0.2, 0.25) is 0 Å². The molecule has 2 rings (SSSR count). The van der Waals surface area contributed by atoms with Gasteiger partial charge in [-0.3, -0.25) is 4.79 Å². The minimum Gasteiger partial charge on any atom is -0.653 e. The average molecular weight is 241 g/mol. The van der Waals surface area contributed by atoms with Gasteiger partial charge in [-0.05, 0) is 11.8 Å². The van der Waals surface area contributed by atoms with Crippen molar-refractivity contribution in [2.45, 2.75) is 19.9 Å². The Bertz CT molecular complexity index is 594. The molecule has 0 N–H and O–H groups in total.